The van der Waals surface area contributed by atoms with Gasteiger partial charge in [0.25, 0.3) is 0 Å². The first kappa shape index (κ1) is 11.5. The summed E-state index contributed by atoms with van der Waals surface area (Å²) >= 11 is 0. The maximum Gasteiger partial charge on any atom is 0.222 e. The number of imidazole rings is 1. The van der Waals surface area contributed by atoms with E-state index in [1.54, 1.807) is 10.9 Å². The van der Waals surface area contributed by atoms with Gasteiger partial charge in [-0.05, 0) is 22.6 Å². The third-order valence-electron chi connectivity index (χ3n) is 2.93. The molecule has 0 bridgehead atoms. The summed E-state index contributed by atoms with van der Waals surface area (Å²) in [5, 5.41) is 12.5. The molecule has 2 heterocycles. The van der Waals surface area contributed by atoms with E-state index in [1.807, 2.05) is 6.20 Å². The van der Waals surface area contributed by atoms with Crippen LogP contribution in [-0.2, 0) is 0 Å². The Balaban J connectivity index is 2.13. The maximum absolute atomic E-state index is 9.01. The molecule has 1 saturated carbocycles. The van der Waals surface area contributed by atoms with Gasteiger partial charge in [-0.1, -0.05) is 0 Å². The van der Waals surface area contributed by atoms with Crippen LogP contribution in [0.4, 0.5) is 11.8 Å². The fourth-order valence-electron chi connectivity index (χ4n) is 1.87. The number of aromatic nitrogens is 4. The van der Waals surface area contributed by atoms with Crippen LogP contribution in [0, 0.1) is 5.92 Å². The Kier molecular flexibility index (Phi) is 2.55. The standard InChI is InChI=1S/C10H10N8O/c11-10-14-8(16-17-12)7-9(15-10)18(4-13-7)2-5-1-6(5)3-19/h2,4,6,19H,1,3H2,(H2,11,14,15)/b5-2+/t6-/m1/s1. The molecule has 19 heavy (non-hydrogen) atoms. The Hall–Kier alpha value is -2.64. The zero-order valence-electron chi connectivity index (χ0n) is 9.80. The van der Waals surface area contributed by atoms with Crippen molar-refractivity contribution in [2.45, 2.75) is 6.42 Å². The lowest BCUT2D eigenvalue weighted by molar-refractivity contribution is 0.281. The number of rotatable bonds is 3. The number of fused-ring (bicyclic) bond motifs is 1. The van der Waals surface area contributed by atoms with E-state index < -0.39 is 0 Å². The van der Waals surface area contributed by atoms with Crippen molar-refractivity contribution in [2.24, 2.45) is 11.0 Å². The first-order valence-corrected chi connectivity index (χ1v) is 5.59. The molecule has 0 radical (unpaired) electrons. The van der Waals surface area contributed by atoms with Crippen LogP contribution >= 0.6 is 0 Å². The Bertz CT molecular complexity index is 726. The van der Waals surface area contributed by atoms with Crippen molar-refractivity contribution >= 4 is 29.1 Å². The number of nitrogen functional groups attached to an aromatic ring is 1. The Morgan fingerprint density at radius 1 is 1.63 bits per heavy atom. The fraction of sp³-hybridized carbons (Fsp3) is 0.300. The number of hydrogen-bond acceptors (Lipinski definition) is 6. The van der Waals surface area contributed by atoms with Crippen molar-refractivity contribution in [3.8, 4) is 0 Å². The van der Waals surface area contributed by atoms with Gasteiger partial charge < -0.3 is 10.8 Å². The van der Waals surface area contributed by atoms with E-state index in [-0.39, 0.29) is 24.3 Å². The summed E-state index contributed by atoms with van der Waals surface area (Å²) in [6.07, 6.45) is 4.26. The average molecular weight is 258 g/mol. The summed E-state index contributed by atoms with van der Waals surface area (Å²) in [7, 11) is 0. The number of anilines is 1. The molecule has 2 aromatic heterocycles. The molecule has 3 N–H and O–H groups in total. The minimum absolute atomic E-state index is 0.0181. The van der Waals surface area contributed by atoms with Crippen LogP contribution in [0.5, 0.6) is 0 Å². The quantitative estimate of drug-likeness (QED) is 0.483. The van der Waals surface area contributed by atoms with E-state index in [1.165, 1.54) is 0 Å². The lowest BCUT2D eigenvalue weighted by Crippen LogP contribution is -1.97. The fourth-order valence-corrected chi connectivity index (χ4v) is 1.87. The molecule has 0 aromatic carbocycles. The molecule has 1 aliphatic carbocycles. The summed E-state index contributed by atoms with van der Waals surface area (Å²) in [6, 6.07) is 0. The van der Waals surface area contributed by atoms with Crippen molar-refractivity contribution in [1.29, 1.82) is 0 Å². The molecule has 0 aliphatic heterocycles. The second kappa shape index (κ2) is 4.23. The minimum atomic E-state index is 0.0181. The molecule has 0 spiro atoms. The Morgan fingerprint density at radius 2 is 2.47 bits per heavy atom. The average Bonchev–Trinajstić information content (AvgIpc) is 3.03. The van der Waals surface area contributed by atoms with Crippen LogP contribution in [0.1, 0.15) is 6.42 Å². The van der Waals surface area contributed by atoms with Crippen molar-refractivity contribution < 1.29 is 5.11 Å². The van der Waals surface area contributed by atoms with Gasteiger partial charge in [0.05, 0.1) is 0 Å². The molecular weight excluding hydrogens is 248 g/mol. The van der Waals surface area contributed by atoms with Crippen LogP contribution in [0.15, 0.2) is 17.0 Å². The highest BCUT2D eigenvalue weighted by atomic mass is 16.3. The van der Waals surface area contributed by atoms with Crippen LogP contribution in [-0.4, -0.2) is 31.2 Å². The first-order chi connectivity index (χ1) is 9.22. The number of nitrogens with two attached hydrogens (primary N) is 1. The van der Waals surface area contributed by atoms with Gasteiger partial charge >= 0.3 is 0 Å². The van der Waals surface area contributed by atoms with Gasteiger partial charge in [-0.25, -0.2) is 9.97 Å². The van der Waals surface area contributed by atoms with E-state index in [4.69, 9.17) is 16.4 Å². The Labute approximate surface area is 107 Å². The third kappa shape index (κ3) is 1.96. The van der Waals surface area contributed by atoms with Gasteiger partial charge in [-0.15, -0.1) is 0 Å². The lowest BCUT2D eigenvalue weighted by atomic mass is 10.4. The molecule has 9 heteroatoms. The second-order valence-electron chi connectivity index (χ2n) is 4.21. The van der Waals surface area contributed by atoms with Gasteiger partial charge in [0.1, 0.15) is 11.8 Å². The summed E-state index contributed by atoms with van der Waals surface area (Å²) in [6.45, 7) is 0.138. The predicted octanol–water partition coefficient (Wildman–Crippen LogP) is 1.20. The second-order valence-corrected chi connectivity index (χ2v) is 4.21. The summed E-state index contributed by atoms with van der Waals surface area (Å²) in [5.41, 5.74) is 16.0. The van der Waals surface area contributed by atoms with Crippen molar-refractivity contribution in [3.05, 3.63) is 22.3 Å². The van der Waals surface area contributed by atoms with Crippen LogP contribution in [0.3, 0.4) is 0 Å². The minimum Gasteiger partial charge on any atom is -0.396 e. The summed E-state index contributed by atoms with van der Waals surface area (Å²) in [5.74, 6) is 0.342. The first-order valence-electron chi connectivity index (χ1n) is 5.59. The molecule has 1 aliphatic rings. The largest absolute Gasteiger partial charge is 0.396 e. The van der Waals surface area contributed by atoms with E-state index in [2.05, 4.69) is 25.0 Å². The van der Waals surface area contributed by atoms with Crippen molar-refractivity contribution in [3.63, 3.8) is 0 Å². The van der Waals surface area contributed by atoms with Gasteiger partial charge in [0.15, 0.2) is 11.5 Å². The molecule has 0 amide bonds. The topological polar surface area (TPSA) is 139 Å². The molecule has 0 unspecified atom stereocenters. The maximum atomic E-state index is 9.01. The molecule has 3 rings (SSSR count). The highest BCUT2D eigenvalue weighted by molar-refractivity contribution is 5.83. The van der Waals surface area contributed by atoms with E-state index in [9.17, 15) is 0 Å². The highest BCUT2D eigenvalue weighted by Gasteiger charge is 2.28. The SMILES string of the molecule is [N-]=[N+]=Nc1nc(N)nc2c1ncn2/C=C1\C[C@@H]1CO. The summed E-state index contributed by atoms with van der Waals surface area (Å²) in [4.78, 5) is 14.7. The predicted molar refractivity (Wildman–Crippen MR) is 68.0 cm³/mol. The third-order valence-corrected chi connectivity index (χ3v) is 2.93. The molecule has 0 saturated heterocycles. The number of azide groups is 1. The van der Waals surface area contributed by atoms with Crippen molar-refractivity contribution in [2.75, 3.05) is 12.3 Å². The highest BCUT2D eigenvalue weighted by Crippen LogP contribution is 2.38. The normalized spacial score (nSPS) is 19.6. The van der Waals surface area contributed by atoms with Crippen LogP contribution < -0.4 is 5.73 Å². The molecule has 1 atom stereocenters. The van der Waals surface area contributed by atoms with Gasteiger partial charge in [0, 0.05) is 23.6 Å². The van der Waals surface area contributed by atoms with Crippen LogP contribution in [0.25, 0.3) is 27.8 Å². The number of hydrogen-bond donors (Lipinski definition) is 2. The van der Waals surface area contributed by atoms with E-state index in [0.717, 1.165) is 12.0 Å². The molecule has 2 aromatic rings. The molecule has 96 valence electrons. The van der Waals surface area contributed by atoms with Crippen molar-refractivity contribution in [1.82, 2.24) is 19.5 Å². The molecule has 9 nitrogen and oxygen atoms in total. The van der Waals surface area contributed by atoms with Gasteiger partial charge in [-0.3, -0.25) is 4.57 Å². The molecule has 1 fully saturated rings. The van der Waals surface area contributed by atoms with Gasteiger partial charge in [0.2, 0.25) is 5.95 Å². The smallest absolute Gasteiger partial charge is 0.222 e. The summed E-state index contributed by atoms with van der Waals surface area (Å²) < 4.78 is 1.69. The number of aliphatic hydroxyl groups is 1. The van der Waals surface area contributed by atoms with E-state index >= 15 is 0 Å². The van der Waals surface area contributed by atoms with Crippen LogP contribution in [0.2, 0.25) is 0 Å². The lowest BCUT2D eigenvalue weighted by Gasteiger charge is -1.98. The zero-order valence-corrected chi connectivity index (χ0v) is 9.80. The number of nitrogens with zero attached hydrogens (tertiary/aromatic N) is 7. The monoisotopic (exact) mass is 258 g/mol. The Morgan fingerprint density at radius 3 is 3.16 bits per heavy atom. The number of aliphatic hydroxyl groups excluding tert-OH is 1. The zero-order chi connectivity index (χ0) is 13.4. The van der Waals surface area contributed by atoms with Gasteiger partial charge in [-0.2, -0.15) is 4.98 Å². The van der Waals surface area contributed by atoms with E-state index in [0.29, 0.717) is 11.2 Å². The molecular formula is C10H10N8O.